The summed E-state index contributed by atoms with van der Waals surface area (Å²) in [6, 6.07) is 6.42. The summed E-state index contributed by atoms with van der Waals surface area (Å²) in [6.45, 7) is 12.3. The summed E-state index contributed by atoms with van der Waals surface area (Å²) >= 11 is 0. The first kappa shape index (κ1) is 11.9. The van der Waals surface area contributed by atoms with Crippen LogP contribution in [0.15, 0.2) is 30.5 Å². The Hall–Kier alpha value is -1.57. The summed E-state index contributed by atoms with van der Waals surface area (Å²) in [7, 11) is 0. The number of carbonyl (C=O) groups excluding carboxylic acids is 1. The lowest BCUT2D eigenvalue weighted by Crippen LogP contribution is -2.27. The normalized spacial score (nSPS) is 15.1. The van der Waals surface area contributed by atoms with E-state index in [9.17, 15) is 4.79 Å². The van der Waals surface area contributed by atoms with Crippen LogP contribution in [0.3, 0.4) is 0 Å². The second-order valence-electron chi connectivity index (χ2n) is 5.17. The highest BCUT2D eigenvalue weighted by molar-refractivity contribution is 6.18. The van der Waals surface area contributed by atoms with E-state index in [0.29, 0.717) is 11.6 Å². The van der Waals surface area contributed by atoms with Gasteiger partial charge in [0.2, 0.25) is 5.78 Å². The number of benzene rings is 1. The molecular formula is C15H19NO. The molecular weight excluding hydrogens is 210 g/mol. The summed E-state index contributed by atoms with van der Waals surface area (Å²) in [5, 5.41) is 0. The molecule has 1 aliphatic heterocycles. The number of hydrogen-bond acceptors (Lipinski definition) is 2. The van der Waals surface area contributed by atoms with Crippen LogP contribution >= 0.6 is 0 Å². The van der Waals surface area contributed by atoms with Gasteiger partial charge in [-0.15, -0.1) is 0 Å². The number of anilines is 1. The molecule has 0 bridgehead atoms. The number of Topliss-reactive ketones (excluding diaryl/α,β-unsaturated/α-hetero) is 1. The first-order valence-corrected chi connectivity index (χ1v) is 6.10. The van der Waals surface area contributed by atoms with Crippen LogP contribution in [0, 0.1) is 0 Å². The Morgan fingerprint density at radius 1 is 1.18 bits per heavy atom. The number of ketones is 1. The Balaban J connectivity index is 2.55. The Bertz CT molecular complexity index is 486. The fraction of sp³-hybridized carbons (Fsp3) is 0.400. The molecule has 0 radical (unpaired) electrons. The molecule has 1 aromatic carbocycles. The van der Waals surface area contributed by atoms with Crippen LogP contribution in [0.5, 0.6) is 0 Å². The molecule has 1 aromatic rings. The zero-order chi connectivity index (χ0) is 12.7. The second kappa shape index (κ2) is 4.02. The molecule has 2 rings (SSSR count). The first-order valence-electron chi connectivity index (χ1n) is 6.10. The van der Waals surface area contributed by atoms with Crippen molar-refractivity contribution < 1.29 is 4.79 Å². The van der Waals surface area contributed by atoms with Crippen molar-refractivity contribution in [2.45, 2.75) is 39.7 Å². The molecule has 17 heavy (non-hydrogen) atoms. The summed E-state index contributed by atoms with van der Waals surface area (Å²) in [4.78, 5) is 14.2. The van der Waals surface area contributed by atoms with Crippen LogP contribution in [-0.2, 0) is 0 Å². The van der Waals surface area contributed by atoms with E-state index in [0.717, 1.165) is 11.3 Å². The van der Waals surface area contributed by atoms with E-state index >= 15 is 0 Å². The maximum absolute atomic E-state index is 12.1. The molecule has 0 fully saturated rings. The lowest BCUT2D eigenvalue weighted by Gasteiger charge is -2.24. The van der Waals surface area contributed by atoms with Gasteiger partial charge in [-0.1, -0.05) is 26.5 Å². The molecule has 1 heterocycles. The molecule has 0 atom stereocenters. The third-order valence-corrected chi connectivity index (χ3v) is 3.26. The van der Waals surface area contributed by atoms with Gasteiger partial charge in [0.05, 0.1) is 11.4 Å². The fourth-order valence-electron chi connectivity index (χ4n) is 2.30. The van der Waals surface area contributed by atoms with Gasteiger partial charge >= 0.3 is 0 Å². The van der Waals surface area contributed by atoms with E-state index < -0.39 is 0 Å². The SMILES string of the molecule is C=C1C(=O)c2cc(C(C)C)ccc2N1C(C)C. The number of fused-ring (bicyclic) bond motifs is 1. The number of nitrogens with zero attached hydrogens (tertiary/aromatic N) is 1. The fourth-order valence-corrected chi connectivity index (χ4v) is 2.30. The predicted molar refractivity (Wildman–Crippen MR) is 71.6 cm³/mol. The van der Waals surface area contributed by atoms with E-state index in [-0.39, 0.29) is 11.8 Å². The molecule has 0 aromatic heterocycles. The van der Waals surface area contributed by atoms with Crippen molar-refractivity contribution >= 4 is 11.5 Å². The van der Waals surface area contributed by atoms with E-state index in [1.807, 2.05) is 17.0 Å². The largest absolute Gasteiger partial charge is 0.336 e. The van der Waals surface area contributed by atoms with Crippen molar-refractivity contribution in [2.75, 3.05) is 4.90 Å². The summed E-state index contributed by atoms with van der Waals surface area (Å²) in [6.07, 6.45) is 0. The van der Waals surface area contributed by atoms with E-state index in [1.54, 1.807) is 0 Å². The third-order valence-electron chi connectivity index (χ3n) is 3.26. The maximum Gasteiger partial charge on any atom is 0.210 e. The Kier molecular flexibility index (Phi) is 2.82. The number of rotatable bonds is 2. The standard InChI is InChI=1S/C15H19NO/c1-9(2)12-6-7-14-13(8-12)15(17)11(5)16(14)10(3)4/h6-10H,5H2,1-4H3. The average Bonchev–Trinajstić information content (AvgIpc) is 2.51. The van der Waals surface area contributed by atoms with Gasteiger partial charge in [-0.05, 0) is 37.5 Å². The second-order valence-corrected chi connectivity index (χ2v) is 5.17. The summed E-state index contributed by atoms with van der Waals surface area (Å²) in [5.74, 6) is 0.505. The Labute approximate surface area is 103 Å². The number of hydrogen-bond donors (Lipinski definition) is 0. The molecule has 2 nitrogen and oxygen atoms in total. The van der Waals surface area contributed by atoms with Crippen LogP contribution in [0.4, 0.5) is 5.69 Å². The van der Waals surface area contributed by atoms with Crippen LogP contribution in [0.1, 0.15) is 49.5 Å². The molecule has 0 unspecified atom stereocenters. The summed E-state index contributed by atoms with van der Waals surface area (Å²) < 4.78 is 0. The molecule has 0 aliphatic carbocycles. The molecule has 0 saturated carbocycles. The number of carbonyl (C=O) groups is 1. The minimum Gasteiger partial charge on any atom is -0.336 e. The van der Waals surface area contributed by atoms with Crippen molar-refractivity contribution in [2.24, 2.45) is 0 Å². The average molecular weight is 229 g/mol. The topological polar surface area (TPSA) is 20.3 Å². The van der Waals surface area contributed by atoms with Crippen LogP contribution < -0.4 is 4.90 Å². The summed E-state index contributed by atoms with van der Waals surface area (Å²) in [5.41, 5.74) is 3.60. The highest BCUT2D eigenvalue weighted by Crippen LogP contribution is 2.36. The van der Waals surface area contributed by atoms with Crippen molar-refractivity contribution in [1.82, 2.24) is 0 Å². The van der Waals surface area contributed by atoms with Crippen molar-refractivity contribution in [3.8, 4) is 0 Å². The zero-order valence-corrected chi connectivity index (χ0v) is 10.9. The van der Waals surface area contributed by atoms with Crippen LogP contribution in [0.2, 0.25) is 0 Å². The van der Waals surface area contributed by atoms with Gasteiger partial charge in [0.25, 0.3) is 0 Å². The van der Waals surface area contributed by atoms with Gasteiger partial charge < -0.3 is 4.90 Å². The van der Waals surface area contributed by atoms with Crippen LogP contribution in [0.25, 0.3) is 0 Å². The minimum absolute atomic E-state index is 0.0659. The van der Waals surface area contributed by atoms with E-state index in [1.165, 1.54) is 5.56 Å². The zero-order valence-electron chi connectivity index (χ0n) is 10.9. The maximum atomic E-state index is 12.1. The van der Waals surface area contributed by atoms with Crippen molar-refractivity contribution in [3.63, 3.8) is 0 Å². The van der Waals surface area contributed by atoms with Crippen LogP contribution in [-0.4, -0.2) is 11.8 Å². The van der Waals surface area contributed by atoms with Gasteiger partial charge in [0, 0.05) is 11.6 Å². The van der Waals surface area contributed by atoms with Crippen molar-refractivity contribution in [1.29, 1.82) is 0 Å². The Morgan fingerprint density at radius 3 is 2.35 bits per heavy atom. The highest BCUT2D eigenvalue weighted by Gasteiger charge is 2.32. The minimum atomic E-state index is 0.0659. The van der Waals surface area contributed by atoms with Gasteiger partial charge in [-0.3, -0.25) is 4.79 Å². The molecule has 0 amide bonds. The quantitative estimate of drug-likeness (QED) is 0.720. The van der Waals surface area contributed by atoms with Gasteiger partial charge in [-0.2, -0.15) is 0 Å². The predicted octanol–water partition coefficient (Wildman–Crippen LogP) is 3.73. The van der Waals surface area contributed by atoms with Gasteiger partial charge in [-0.25, -0.2) is 0 Å². The molecule has 0 spiro atoms. The Morgan fingerprint density at radius 2 is 1.82 bits per heavy atom. The molecule has 0 saturated heterocycles. The lowest BCUT2D eigenvalue weighted by atomic mass is 9.99. The molecule has 2 heteroatoms. The molecule has 90 valence electrons. The smallest absolute Gasteiger partial charge is 0.210 e. The van der Waals surface area contributed by atoms with Gasteiger partial charge in [0.15, 0.2) is 0 Å². The highest BCUT2D eigenvalue weighted by atomic mass is 16.1. The van der Waals surface area contributed by atoms with E-state index in [4.69, 9.17) is 0 Å². The third kappa shape index (κ3) is 1.78. The van der Waals surface area contributed by atoms with Gasteiger partial charge in [0.1, 0.15) is 0 Å². The lowest BCUT2D eigenvalue weighted by molar-refractivity contribution is 0.103. The van der Waals surface area contributed by atoms with E-state index in [2.05, 4.69) is 40.3 Å². The first-order chi connectivity index (χ1) is 7.93. The number of allylic oxidation sites excluding steroid dienone is 1. The molecule has 1 aliphatic rings. The molecule has 0 N–H and O–H groups in total. The monoisotopic (exact) mass is 229 g/mol. The van der Waals surface area contributed by atoms with Crippen molar-refractivity contribution in [3.05, 3.63) is 41.6 Å².